The van der Waals surface area contributed by atoms with Crippen LogP contribution in [0, 0.1) is 5.92 Å². The van der Waals surface area contributed by atoms with E-state index in [9.17, 15) is 4.79 Å². The second-order valence-corrected chi connectivity index (χ2v) is 5.76. The lowest BCUT2D eigenvalue weighted by Gasteiger charge is -2.09. The Balaban J connectivity index is 2.22. The van der Waals surface area contributed by atoms with E-state index in [0.717, 1.165) is 6.54 Å². The molecule has 0 aliphatic heterocycles. The monoisotopic (exact) mass is 311 g/mol. The van der Waals surface area contributed by atoms with E-state index in [1.807, 2.05) is 0 Å². The molecule has 4 nitrogen and oxygen atoms in total. The van der Waals surface area contributed by atoms with Crippen molar-refractivity contribution in [1.29, 1.82) is 0 Å². The molecule has 2 aromatic rings. The molecule has 0 spiro atoms. The van der Waals surface area contributed by atoms with Gasteiger partial charge in [-0.3, -0.25) is 4.79 Å². The molecule has 1 aromatic carbocycles. The van der Waals surface area contributed by atoms with Gasteiger partial charge in [-0.2, -0.15) is 5.10 Å². The minimum Gasteiger partial charge on any atom is -0.294 e. The SMILES string of the molecule is CC(C)Cn1ncnc1CC(=O)c1c(Cl)cccc1Cl. The maximum Gasteiger partial charge on any atom is 0.173 e. The summed E-state index contributed by atoms with van der Waals surface area (Å²) < 4.78 is 1.74. The fourth-order valence-corrected chi connectivity index (χ4v) is 2.53. The van der Waals surface area contributed by atoms with Crippen molar-refractivity contribution in [3.8, 4) is 0 Å². The summed E-state index contributed by atoms with van der Waals surface area (Å²) in [6.07, 6.45) is 1.59. The third-order valence-electron chi connectivity index (χ3n) is 2.79. The van der Waals surface area contributed by atoms with Crippen molar-refractivity contribution in [1.82, 2.24) is 14.8 Å². The van der Waals surface area contributed by atoms with E-state index in [1.54, 1.807) is 22.9 Å². The highest BCUT2D eigenvalue weighted by Crippen LogP contribution is 2.25. The Kier molecular flexibility index (Phi) is 4.78. The molecule has 6 heteroatoms. The number of Topliss-reactive ketones (excluding diaryl/α,β-unsaturated/α-hetero) is 1. The lowest BCUT2D eigenvalue weighted by atomic mass is 10.1. The van der Waals surface area contributed by atoms with Crippen molar-refractivity contribution < 1.29 is 4.79 Å². The Morgan fingerprint density at radius 2 is 1.95 bits per heavy atom. The molecule has 20 heavy (non-hydrogen) atoms. The molecule has 1 heterocycles. The molecule has 0 aliphatic rings. The van der Waals surface area contributed by atoms with Crippen LogP contribution in [0.4, 0.5) is 0 Å². The largest absolute Gasteiger partial charge is 0.294 e. The van der Waals surface area contributed by atoms with Gasteiger partial charge < -0.3 is 0 Å². The summed E-state index contributed by atoms with van der Waals surface area (Å²) in [5.74, 6) is 0.896. The highest BCUT2D eigenvalue weighted by Gasteiger charge is 2.18. The van der Waals surface area contributed by atoms with Gasteiger partial charge in [0.05, 0.1) is 22.0 Å². The molecule has 0 N–H and O–H groups in total. The van der Waals surface area contributed by atoms with E-state index in [2.05, 4.69) is 23.9 Å². The Morgan fingerprint density at radius 1 is 1.30 bits per heavy atom. The van der Waals surface area contributed by atoms with E-state index in [-0.39, 0.29) is 12.2 Å². The number of benzene rings is 1. The molecule has 106 valence electrons. The number of hydrogen-bond donors (Lipinski definition) is 0. The number of carbonyl (C=O) groups is 1. The minimum absolute atomic E-state index is 0.135. The third-order valence-corrected chi connectivity index (χ3v) is 3.42. The molecule has 0 fully saturated rings. The van der Waals surface area contributed by atoms with Crippen LogP contribution in [0.5, 0.6) is 0 Å². The average molecular weight is 312 g/mol. The average Bonchev–Trinajstić information content (AvgIpc) is 2.75. The maximum atomic E-state index is 12.3. The molecule has 0 unspecified atom stereocenters. The molecular weight excluding hydrogens is 297 g/mol. The number of nitrogens with zero attached hydrogens (tertiary/aromatic N) is 3. The first kappa shape index (κ1) is 15.0. The fraction of sp³-hybridized carbons (Fsp3) is 0.357. The molecule has 0 radical (unpaired) electrons. The highest BCUT2D eigenvalue weighted by molar-refractivity contribution is 6.39. The number of ketones is 1. The van der Waals surface area contributed by atoms with Crippen LogP contribution in [0.15, 0.2) is 24.5 Å². The zero-order chi connectivity index (χ0) is 14.7. The third kappa shape index (κ3) is 3.38. The number of halogens is 2. The number of carbonyl (C=O) groups excluding carboxylic acids is 1. The van der Waals surface area contributed by atoms with Crippen LogP contribution in [0.2, 0.25) is 10.0 Å². The predicted molar refractivity (Wildman–Crippen MR) is 79.4 cm³/mol. The first-order valence-corrected chi connectivity index (χ1v) is 7.08. The molecule has 0 amide bonds. The van der Waals surface area contributed by atoms with Crippen LogP contribution in [-0.4, -0.2) is 20.5 Å². The smallest absolute Gasteiger partial charge is 0.173 e. The molecule has 0 saturated heterocycles. The van der Waals surface area contributed by atoms with Crippen LogP contribution in [0.1, 0.15) is 30.0 Å². The summed E-state index contributed by atoms with van der Waals surface area (Å²) in [7, 11) is 0. The van der Waals surface area contributed by atoms with Gasteiger partial charge in [0, 0.05) is 6.54 Å². The standard InChI is InChI=1S/C14H15Cl2N3O/c1-9(2)7-19-13(17-8-18-19)6-12(20)14-10(15)4-3-5-11(14)16/h3-5,8-9H,6-7H2,1-2H3. The van der Waals surface area contributed by atoms with Crippen molar-refractivity contribution in [2.45, 2.75) is 26.8 Å². The quantitative estimate of drug-likeness (QED) is 0.792. The Morgan fingerprint density at radius 3 is 2.55 bits per heavy atom. The van der Waals surface area contributed by atoms with Gasteiger partial charge in [0.25, 0.3) is 0 Å². The number of rotatable bonds is 5. The van der Waals surface area contributed by atoms with Gasteiger partial charge in [0.1, 0.15) is 12.2 Å². The Hall–Kier alpha value is -1.39. The normalized spacial score (nSPS) is 11.1. The van der Waals surface area contributed by atoms with Gasteiger partial charge in [-0.05, 0) is 18.1 Å². The van der Waals surface area contributed by atoms with E-state index >= 15 is 0 Å². The van der Waals surface area contributed by atoms with E-state index in [4.69, 9.17) is 23.2 Å². The van der Waals surface area contributed by atoms with Gasteiger partial charge in [-0.1, -0.05) is 43.1 Å². The van der Waals surface area contributed by atoms with Crippen LogP contribution in [0.3, 0.4) is 0 Å². The second-order valence-electron chi connectivity index (χ2n) is 4.95. The topological polar surface area (TPSA) is 47.8 Å². The van der Waals surface area contributed by atoms with E-state index < -0.39 is 0 Å². The van der Waals surface area contributed by atoms with E-state index in [0.29, 0.717) is 27.4 Å². The lowest BCUT2D eigenvalue weighted by Crippen LogP contribution is -2.14. The minimum atomic E-state index is -0.154. The molecule has 0 bridgehead atoms. The zero-order valence-corrected chi connectivity index (χ0v) is 12.8. The Labute approximate surface area is 127 Å². The van der Waals surface area contributed by atoms with Gasteiger partial charge in [0.15, 0.2) is 5.78 Å². The molecule has 2 rings (SSSR count). The van der Waals surface area contributed by atoms with Gasteiger partial charge in [0.2, 0.25) is 0 Å². The van der Waals surface area contributed by atoms with Crippen LogP contribution < -0.4 is 0 Å². The Bertz CT molecular complexity index is 602. The van der Waals surface area contributed by atoms with Crippen LogP contribution in [-0.2, 0) is 13.0 Å². The van der Waals surface area contributed by atoms with Gasteiger partial charge in [-0.25, -0.2) is 9.67 Å². The first-order valence-electron chi connectivity index (χ1n) is 6.33. The summed E-state index contributed by atoms with van der Waals surface area (Å²) in [5, 5.41) is 4.85. The summed E-state index contributed by atoms with van der Waals surface area (Å²) in [5.41, 5.74) is 0.343. The fourth-order valence-electron chi connectivity index (χ4n) is 1.92. The van der Waals surface area contributed by atoms with Gasteiger partial charge >= 0.3 is 0 Å². The summed E-state index contributed by atoms with van der Waals surface area (Å²) >= 11 is 12.1. The van der Waals surface area contributed by atoms with Crippen molar-refractivity contribution in [3.63, 3.8) is 0 Å². The van der Waals surface area contributed by atoms with Crippen LogP contribution >= 0.6 is 23.2 Å². The number of hydrogen-bond acceptors (Lipinski definition) is 3. The molecule has 0 aliphatic carbocycles. The molecule has 0 atom stereocenters. The lowest BCUT2D eigenvalue weighted by molar-refractivity contribution is 0.0989. The van der Waals surface area contributed by atoms with Crippen LogP contribution in [0.25, 0.3) is 0 Å². The summed E-state index contributed by atoms with van der Waals surface area (Å²) in [6.45, 7) is 4.88. The van der Waals surface area contributed by atoms with Crippen molar-refractivity contribution in [2.75, 3.05) is 0 Å². The summed E-state index contributed by atoms with van der Waals surface area (Å²) in [6, 6.07) is 5.02. The van der Waals surface area contributed by atoms with E-state index in [1.165, 1.54) is 6.33 Å². The highest BCUT2D eigenvalue weighted by atomic mass is 35.5. The predicted octanol–water partition coefficient (Wildman–Crippen LogP) is 3.67. The summed E-state index contributed by atoms with van der Waals surface area (Å²) in [4.78, 5) is 16.5. The zero-order valence-electron chi connectivity index (χ0n) is 11.3. The molecule has 1 aromatic heterocycles. The second kappa shape index (κ2) is 6.37. The molecular formula is C14H15Cl2N3O. The van der Waals surface area contributed by atoms with Gasteiger partial charge in [-0.15, -0.1) is 0 Å². The van der Waals surface area contributed by atoms with Crippen molar-refractivity contribution >= 4 is 29.0 Å². The maximum absolute atomic E-state index is 12.3. The number of aromatic nitrogens is 3. The van der Waals surface area contributed by atoms with Crippen molar-refractivity contribution in [3.05, 3.63) is 46.0 Å². The first-order chi connectivity index (χ1) is 9.49. The van der Waals surface area contributed by atoms with Crippen molar-refractivity contribution in [2.24, 2.45) is 5.92 Å². The molecule has 0 saturated carbocycles.